The van der Waals surface area contributed by atoms with Gasteiger partial charge in [0.05, 0.1) is 5.69 Å². The molecule has 2 heterocycles. The SMILES string of the molecule is O=C1COc2cc(C(=O)NC3CC(c4nnc(CO)n4C4CC4)C3)ccc2N1. The number of ether oxygens (including phenoxy) is 1. The number of carbonyl (C=O) groups is 2. The third kappa shape index (κ3) is 3.01. The summed E-state index contributed by atoms with van der Waals surface area (Å²) in [7, 11) is 0. The average Bonchev–Trinajstić information content (AvgIpc) is 3.42. The van der Waals surface area contributed by atoms with E-state index in [1.807, 2.05) is 0 Å². The lowest BCUT2D eigenvalue weighted by Gasteiger charge is -2.35. The van der Waals surface area contributed by atoms with Crippen molar-refractivity contribution in [1.82, 2.24) is 20.1 Å². The van der Waals surface area contributed by atoms with E-state index >= 15 is 0 Å². The molecule has 1 aliphatic heterocycles. The van der Waals surface area contributed by atoms with Gasteiger partial charge in [-0.15, -0.1) is 10.2 Å². The van der Waals surface area contributed by atoms with Crippen LogP contribution in [0.4, 0.5) is 5.69 Å². The summed E-state index contributed by atoms with van der Waals surface area (Å²) in [6.07, 6.45) is 3.82. The van der Waals surface area contributed by atoms with Crippen LogP contribution in [-0.4, -0.2) is 44.3 Å². The topological polar surface area (TPSA) is 118 Å². The van der Waals surface area contributed by atoms with Gasteiger partial charge in [-0.05, 0) is 43.9 Å². The molecule has 0 bridgehead atoms. The van der Waals surface area contributed by atoms with Crippen LogP contribution >= 0.6 is 0 Å². The van der Waals surface area contributed by atoms with Crippen LogP contribution in [0.5, 0.6) is 5.75 Å². The van der Waals surface area contributed by atoms with Crippen LogP contribution < -0.4 is 15.4 Å². The lowest BCUT2D eigenvalue weighted by Crippen LogP contribution is -2.44. The van der Waals surface area contributed by atoms with Crippen LogP contribution in [0.3, 0.4) is 0 Å². The Morgan fingerprint density at radius 1 is 1.32 bits per heavy atom. The maximum Gasteiger partial charge on any atom is 0.262 e. The van der Waals surface area contributed by atoms with E-state index in [0.29, 0.717) is 28.9 Å². The molecular formula is C19H21N5O4. The molecule has 1 aromatic carbocycles. The monoisotopic (exact) mass is 383 g/mol. The van der Waals surface area contributed by atoms with Crippen molar-refractivity contribution < 1.29 is 19.4 Å². The zero-order chi connectivity index (χ0) is 19.3. The van der Waals surface area contributed by atoms with Gasteiger partial charge in [0.25, 0.3) is 11.8 Å². The first kappa shape index (κ1) is 17.2. The van der Waals surface area contributed by atoms with Gasteiger partial charge in [0.2, 0.25) is 0 Å². The Kier molecular flexibility index (Phi) is 4.04. The average molecular weight is 383 g/mol. The van der Waals surface area contributed by atoms with Crippen molar-refractivity contribution in [2.24, 2.45) is 0 Å². The van der Waals surface area contributed by atoms with Crippen molar-refractivity contribution in [2.75, 3.05) is 11.9 Å². The minimum absolute atomic E-state index is 0.0418. The fraction of sp³-hybridized carbons (Fsp3) is 0.474. The Morgan fingerprint density at radius 2 is 2.14 bits per heavy atom. The van der Waals surface area contributed by atoms with Crippen molar-refractivity contribution >= 4 is 17.5 Å². The first-order valence-electron chi connectivity index (χ1n) is 9.54. The summed E-state index contributed by atoms with van der Waals surface area (Å²) >= 11 is 0. The molecule has 2 aliphatic carbocycles. The van der Waals surface area contributed by atoms with Gasteiger partial charge in [0, 0.05) is 23.6 Å². The Bertz CT molecular complexity index is 946. The number of anilines is 1. The van der Waals surface area contributed by atoms with Crippen molar-refractivity contribution in [3.63, 3.8) is 0 Å². The van der Waals surface area contributed by atoms with Crippen LogP contribution in [0.1, 0.15) is 59.6 Å². The third-order valence-electron chi connectivity index (χ3n) is 5.56. The van der Waals surface area contributed by atoms with E-state index in [-0.39, 0.29) is 37.0 Å². The number of nitrogens with one attached hydrogen (secondary N) is 2. The predicted octanol–water partition coefficient (Wildman–Crippen LogP) is 1.11. The molecule has 2 amide bonds. The predicted molar refractivity (Wildman–Crippen MR) is 98.0 cm³/mol. The highest BCUT2D eigenvalue weighted by atomic mass is 16.5. The highest BCUT2D eigenvalue weighted by molar-refractivity contribution is 5.99. The molecule has 3 aliphatic rings. The van der Waals surface area contributed by atoms with Gasteiger partial charge < -0.3 is 25.0 Å². The molecule has 2 fully saturated rings. The molecule has 9 nitrogen and oxygen atoms in total. The fourth-order valence-electron chi connectivity index (χ4n) is 3.89. The molecule has 0 spiro atoms. The Hall–Kier alpha value is -2.94. The zero-order valence-corrected chi connectivity index (χ0v) is 15.2. The lowest BCUT2D eigenvalue weighted by molar-refractivity contribution is -0.118. The molecule has 2 saturated carbocycles. The van der Waals surface area contributed by atoms with Crippen molar-refractivity contribution in [3.05, 3.63) is 35.4 Å². The van der Waals surface area contributed by atoms with Gasteiger partial charge >= 0.3 is 0 Å². The molecule has 2 aromatic rings. The molecular weight excluding hydrogens is 362 g/mol. The second-order valence-electron chi connectivity index (χ2n) is 7.62. The quantitative estimate of drug-likeness (QED) is 0.712. The van der Waals surface area contributed by atoms with Gasteiger partial charge in [0.1, 0.15) is 18.2 Å². The zero-order valence-electron chi connectivity index (χ0n) is 15.2. The Balaban J connectivity index is 1.22. The fourth-order valence-corrected chi connectivity index (χ4v) is 3.89. The minimum Gasteiger partial charge on any atom is -0.482 e. The van der Waals surface area contributed by atoms with Crippen molar-refractivity contribution in [1.29, 1.82) is 0 Å². The van der Waals surface area contributed by atoms with Crippen LogP contribution in [0, 0.1) is 0 Å². The summed E-state index contributed by atoms with van der Waals surface area (Å²) in [5, 5.41) is 23.6. The normalized spacial score (nSPS) is 23.2. The number of aliphatic hydroxyl groups is 1. The second kappa shape index (κ2) is 6.59. The van der Waals surface area contributed by atoms with E-state index < -0.39 is 0 Å². The van der Waals surface area contributed by atoms with E-state index in [4.69, 9.17) is 4.74 Å². The van der Waals surface area contributed by atoms with Gasteiger partial charge in [0.15, 0.2) is 12.4 Å². The molecule has 146 valence electrons. The smallest absolute Gasteiger partial charge is 0.262 e. The van der Waals surface area contributed by atoms with E-state index in [1.165, 1.54) is 0 Å². The highest BCUT2D eigenvalue weighted by Crippen LogP contribution is 2.42. The van der Waals surface area contributed by atoms with Crippen molar-refractivity contribution in [2.45, 2.75) is 50.3 Å². The van der Waals surface area contributed by atoms with E-state index in [1.54, 1.807) is 18.2 Å². The second-order valence-corrected chi connectivity index (χ2v) is 7.62. The summed E-state index contributed by atoms with van der Waals surface area (Å²) in [6, 6.07) is 5.50. The molecule has 3 N–H and O–H groups in total. The van der Waals surface area contributed by atoms with Crippen molar-refractivity contribution in [3.8, 4) is 5.75 Å². The largest absolute Gasteiger partial charge is 0.482 e. The summed E-state index contributed by atoms with van der Waals surface area (Å²) in [4.78, 5) is 23.9. The lowest BCUT2D eigenvalue weighted by atomic mass is 9.79. The summed E-state index contributed by atoms with van der Waals surface area (Å²) in [6.45, 7) is -0.142. The van der Waals surface area contributed by atoms with Gasteiger partial charge in [-0.2, -0.15) is 0 Å². The summed E-state index contributed by atoms with van der Waals surface area (Å²) in [5.41, 5.74) is 1.08. The number of aliphatic hydroxyl groups excluding tert-OH is 1. The van der Waals surface area contributed by atoms with Crippen LogP contribution in [0.2, 0.25) is 0 Å². The van der Waals surface area contributed by atoms with Gasteiger partial charge in [-0.25, -0.2) is 0 Å². The first-order chi connectivity index (χ1) is 13.6. The molecule has 0 unspecified atom stereocenters. The van der Waals surface area contributed by atoms with Crippen LogP contribution in [0.25, 0.3) is 0 Å². The van der Waals surface area contributed by atoms with Gasteiger partial charge in [-0.3, -0.25) is 9.59 Å². The number of hydrogen-bond donors (Lipinski definition) is 3. The van der Waals surface area contributed by atoms with E-state index in [0.717, 1.165) is 31.5 Å². The molecule has 0 saturated heterocycles. The van der Waals surface area contributed by atoms with E-state index in [9.17, 15) is 14.7 Å². The highest BCUT2D eigenvalue weighted by Gasteiger charge is 2.38. The Labute approximate surface area is 161 Å². The van der Waals surface area contributed by atoms with Gasteiger partial charge in [-0.1, -0.05) is 0 Å². The molecule has 5 rings (SSSR count). The number of rotatable bonds is 5. The summed E-state index contributed by atoms with van der Waals surface area (Å²) in [5.74, 6) is 1.95. The number of aromatic nitrogens is 3. The number of nitrogens with zero attached hydrogens (tertiary/aromatic N) is 3. The first-order valence-corrected chi connectivity index (χ1v) is 9.54. The maximum atomic E-state index is 12.6. The van der Waals surface area contributed by atoms with Crippen LogP contribution in [0.15, 0.2) is 18.2 Å². The molecule has 9 heteroatoms. The number of hydrogen-bond acceptors (Lipinski definition) is 6. The molecule has 0 radical (unpaired) electrons. The molecule has 28 heavy (non-hydrogen) atoms. The summed E-state index contributed by atoms with van der Waals surface area (Å²) < 4.78 is 7.45. The number of amides is 2. The number of fused-ring (bicyclic) bond motifs is 1. The third-order valence-corrected chi connectivity index (χ3v) is 5.56. The standard InChI is InChI=1S/C19H21N5O4/c25-8-16-22-23-18(24(16)13-2-3-13)11-5-12(6-11)20-19(27)10-1-4-14-15(7-10)28-9-17(26)21-14/h1,4,7,11-13,25H,2-3,5-6,8-9H2,(H,20,27)(H,21,26). The molecule has 1 aromatic heterocycles. The number of benzene rings is 1. The maximum absolute atomic E-state index is 12.6. The van der Waals surface area contributed by atoms with Crippen LogP contribution in [-0.2, 0) is 11.4 Å². The molecule has 0 atom stereocenters. The van der Waals surface area contributed by atoms with E-state index in [2.05, 4.69) is 25.4 Å². The Morgan fingerprint density at radius 3 is 2.89 bits per heavy atom. The number of carbonyl (C=O) groups excluding carboxylic acids is 2. The minimum atomic E-state index is -0.200.